The molecule has 0 aliphatic rings. The zero-order chi connectivity index (χ0) is 17.6. The molecule has 1 rings (SSSR count). The molecule has 0 bridgehead atoms. The van der Waals surface area contributed by atoms with E-state index in [0.717, 1.165) is 18.4 Å². The number of nitrogens with zero attached hydrogens (tertiary/aromatic N) is 2. The Balaban J connectivity index is 3.47. The van der Waals surface area contributed by atoms with Crippen LogP contribution in [0, 0.1) is 0 Å². The summed E-state index contributed by atoms with van der Waals surface area (Å²) in [7, 11) is 0. The van der Waals surface area contributed by atoms with E-state index in [2.05, 4.69) is 4.98 Å². The number of nitrogen functional groups attached to an aromatic ring is 1. The van der Waals surface area contributed by atoms with E-state index in [1.165, 1.54) is 15.5 Å². The molecule has 0 aliphatic heterocycles. The van der Waals surface area contributed by atoms with Crippen LogP contribution >= 0.6 is 0 Å². The standard InChI is InChI=1S/C16H26N4O3/c1-5-7-9-20-14(17)13(15(22)18-16(20)23)19(8-6-2)12(21)10-11(3)4/h10H,5-9,17H2,1-4H3,(H,18,22,23). The SMILES string of the molecule is CCCCn1c(N)c(N(CCC)C(=O)C=C(C)C)c(=O)[nH]c1=O. The third-order valence-electron chi connectivity index (χ3n) is 3.34. The number of hydrogen-bond acceptors (Lipinski definition) is 4. The molecule has 1 heterocycles. The van der Waals surface area contributed by atoms with Crippen LogP contribution in [0.5, 0.6) is 0 Å². The molecule has 0 aliphatic carbocycles. The van der Waals surface area contributed by atoms with Crippen molar-refractivity contribution >= 4 is 17.4 Å². The third kappa shape index (κ3) is 4.58. The van der Waals surface area contributed by atoms with Crippen LogP contribution in [0.3, 0.4) is 0 Å². The normalized spacial score (nSPS) is 10.4. The average molecular weight is 322 g/mol. The summed E-state index contributed by atoms with van der Waals surface area (Å²) in [6.45, 7) is 8.26. The van der Waals surface area contributed by atoms with Gasteiger partial charge in [0.15, 0.2) is 5.69 Å². The lowest BCUT2D eigenvalue weighted by Crippen LogP contribution is -2.41. The van der Waals surface area contributed by atoms with Gasteiger partial charge in [0.25, 0.3) is 11.5 Å². The fraction of sp³-hybridized carbons (Fsp3) is 0.562. The molecule has 0 unspecified atom stereocenters. The van der Waals surface area contributed by atoms with Crippen molar-refractivity contribution in [2.24, 2.45) is 0 Å². The molecule has 0 atom stereocenters. The van der Waals surface area contributed by atoms with Crippen molar-refractivity contribution in [3.63, 3.8) is 0 Å². The molecule has 1 amide bonds. The number of unbranched alkanes of at least 4 members (excludes halogenated alkanes) is 1. The number of H-pyrrole nitrogens is 1. The lowest BCUT2D eigenvalue weighted by atomic mass is 10.2. The molecule has 1 aromatic rings. The molecule has 3 N–H and O–H groups in total. The van der Waals surface area contributed by atoms with Crippen LogP contribution in [0.15, 0.2) is 21.2 Å². The van der Waals surface area contributed by atoms with Crippen LogP contribution in [-0.2, 0) is 11.3 Å². The lowest BCUT2D eigenvalue weighted by molar-refractivity contribution is -0.114. The van der Waals surface area contributed by atoms with Crippen molar-refractivity contribution < 1.29 is 4.79 Å². The zero-order valence-corrected chi connectivity index (χ0v) is 14.3. The van der Waals surface area contributed by atoms with E-state index < -0.39 is 11.2 Å². The number of amides is 1. The highest BCUT2D eigenvalue weighted by Gasteiger charge is 2.22. The summed E-state index contributed by atoms with van der Waals surface area (Å²) >= 11 is 0. The molecular weight excluding hydrogens is 296 g/mol. The highest BCUT2D eigenvalue weighted by Crippen LogP contribution is 2.18. The fourth-order valence-electron chi connectivity index (χ4n) is 2.26. The van der Waals surface area contributed by atoms with E-state index in [4.69, 9.17) is 5.73 Å². The van der Waals surface area contributed by atoms with E-state index in [1.54, 1.807) is 13.8 Å². The number of nitrogens with one attached hydrogen (secondary N) is 1. The number of carbonyl (C=O) groups excluding carboxylic acids is 1. The number of rotatable bonds is 7. The first-order chi connectivity index (χ1) is 10.8. The first-order valence-electron chi connectivity index (χ1n) is 7.92. The van der Waals surface area contributed by atoms with Crippen LogP contribution in [-0.4, -0.2) is 22.0 Å². The summed E-state index contributed by atoms with van der Waals surface area (Å²) in [5, 5.41) is 0. The Hall–Kier alpha value is -2.31. The molecule has 128 valence electrons. The van der Waals surface area contributed by atoms with E-state index in [1.807, 2.05) is 13.8 Å². The van der Waals surface area contributed by atoms with Crippen LogP contribution in [0.1, 0.15) is 47.0 Å². The molecule has 23 heavy (non-hydrogen) atoms. The van der Waals surface area contributed by atoms with E-state index in [0.29, 0.717) is 19.5 Å². The molecule has 0 saturated carbocycles. The number of nitrogens with two attached hydrogens (primary N) is 1. The minimum Gasteiger partial charge on any atom is -0.383 e. The molecule has 7 heteroatoms. The summed E-state index contributed by atoms with van der Waals surface area (Å²) < 4.78 is 1.32. The largest absolute Gasteiger partial charge is 0.383 e. The third-order valence-corrected chi connectivity index (χ3v) is 3.34. The molecule has 0 saturated heterocycles. The van der Waals surface area contributed by atoms with Crippen LogP contribution < -0.4 is 21.9 Å². The van der Waals surface area contributed by atoms with E-state index in [9.17, 15) is 14.4 Å². The number of anilines is 2. The number of allylic oxidation sites excluding steroid dienone is 1. The molecule has 0 aromatic carbocycles. The second-order valence-electron chi connectivity index (χ2n) is 5.71. The van der Waals surface area contributed by atoms with Crippen molar-refractivity contribution in [1.29, 1.82) is 0 Å². The number of hydrogen-bond donors (Lipinski definition) is 2. The molecule has 1 aromatic heterocycles. The summed E-state index contributed by atoms with van der Waals surface area (Å²) in [5.74, 6) is -0.277. The van der Waals surface area contributed by atoms with Crippen LogP contribution in [0.2, 0.25) is 0 Å². The monoisotopic (exact) mass is 322 g/mol. The van der Waals surface area contributed by atoms with Crippen molar-refractivity contribution in [2.45, 2.75) is 53.5 Å². The van der Waals surface area contributed by atoms with Gasteiger partial charge in [-0.1, -0.05) is 25.8 Å². The smallest absolute Gasteiger partial charge is 0.330 e. The van der Waals surface area contributed by atoms with Gasteiger partial charge in [0.2, 0.25) is 0 Å². The quantitative estimate of drug-likeness (QED) is 0.745. The van der Waals surface area contributed by atoms with Gasteiger partial charge >= 0.3 is 5.69 Å². The summed E-state index contributed by atoms with van der Waals surface area (Å²) in [5.41, 5.74) is 5.74. The van der Waals surface area contributed by atoms with Gasteiger partial charge in [-0.15, -0.1) is 0 Å². The summed E-state index contributed by atoms with van der Waals surface area (Å²) in [6, 6.07) is 0. The predicted octanol–water partition coefficient (Wildman–Crippen LogP) is 1.63. The Morgan fingerprint density at radius 3 is 2.43 bits per heavy atom. The Bertz CT molecular complexity index is 696. The van der Waals surface area contributed by atoms with Gasteiger partial charge in [-0.2, -0.15) is 0 Å². The second kappa shape index (κ2) is 8.36. The topological polar surface area (TPSA) is 101 Å². The summed E-state index contributed by atoms with van der Waals surface area (Å²) in [6.07, 6.45) is 3.76. The van der Waals surface area contributed by atoms with E-state index >= 15 is 0 Å². The highest BCUT2D eigenvalue weighted by molar-refractivity contribution is 6.03. The number of aromatic nitrogens is 2. The van der Waals surface area contributed by atoms with Crippen molar-refractivity contribution in [1.82, 2.24) is 9.55 Å². The molecule has 0 fully saturated rings. The Morgan fingerprint density at radius 1 is 1.26 bits per heavy atom. The molecule has 0 spiro atoms. The minimum atomic E-state index is -0.635. The van der Waals surface area contributed by atoms with E-state index in [-0.39, 0.29) is 17.4 Å². The lowest BCUT2D eigenvalue weighted by Gasteiger charge is -2.23. The zero-order valence-electron chi connectivity index (χ0n) is 14.3. The maximum absolute atomic E-state index is 12.4. The Labute approximate surface area is 135 Å². The first kappa shape index (κ1) is 18.7. The number of carbonyl (C=O) groups is 1. The van der Waals surface area contributed by atoms with Crippen molar-refractivity contribution in [3.8, 4) is 0 Å². The van der Waals surface area contributed by atoms with Gasteiger partial charge in [-0.05, 0) is 26.7 Å². The highest BCUT2D eigenvalue weighted by atomic mass is 16.2. The van der Waals surface area contributed by atoms with Gasteiger partial charge < -0.3 is 10.6 Å². The Kier molecular flexibility index (Phi) is 6.81. The van der Waals surface area contributed by atoms with Gasteiger partial charge in [0, 0.05) is 19.2 Å². The second-order valence-corrected chi connectivity index (χ2v) is 5.71. The first-order valence-corrected chi connectivity index (χ1v) is 7.92. The molecular formula is C16H26N4O3. The number of aromatic amines is 1. The fourth-order valence-corrected chi connectivity index (χ4v) is 2.26. The molecule has 0 radical (unpaired) electrons. The summed E-state index contributed by atoms with van der Waals surface area (Å²) in [4.78, 5) is 40.2. The van der Waals surface area contributed by atoms with Gasteiger partial charge in [0.05, 0.1) is 0 Å². The van der Waals surface area contributed by atoms with Crippen molar-refractivity contribution in [3.05, 3.63) is 32.5 Å². The minimum absolute atomic E-state index is 0.0381. The van der Waals surface area contributed by atoms with Crippen LogP contribution in [0.25, 0.3) is 0 Å². The Morgan fingerprint density at radius 2 is 1.91 bits per heavy atom. The van der Waals surface area contributed by atoms with Crippen LogP contribution in [0.4, 0.5) is 11.5 Å². The maximum atomic E-state index is 12.4. The van der Waals surface area contributed by atoms with Gasteiger partial charge in [0.1, 0.15) is 5.82 Å². The average Bonchev–Trinajstić information content (AvgIpc) is 2.45. The van der Waals surface area contributed by atoms with Gasteiger partial charge in [-0.3, -0.25) is 19.1 Å². The van der Waals surface area contributed by atoms with Gasteiger partial charge in [-0.25, -0.2) is 4.79 Å². The van der Waals surface area contributed by atoms with Crippen molar-refractivity contribution in [2.75, 3.05) is 17.2 Å². The maximum Gasteiger partial charge on any atom is 0.330 e. The predicted molar refractivity (Wildman–Crippen MR) is 92.7 cm³/mol. The molecule has 7 nitrogen and oxygen atoms in total.